The molecule has 2 aliphatic heterocycles. The summed E-state index contributed by atoms with van der Waals surface area (Å²) in [4.78, 5) is 94.4. The lowest BCUT2D eigenvalue weighted by Crippen LogP contribution is -2.58. The van der Waals surface area contributed by atoms with Crippen LogP contribution in [0.4, 0.5) is 20.4 Å². The minimum Gasteiger partial charge on any atom is -0.468 e. The summed E-state index contributed by atoms with van der Waals surface area (Å²) in [5.74, 6) is -2.64. The van der Waals surface area contributed by atoms with E-state index in [1.807, 2.05) is 60.7 Å². The Labute approximate surface area is 442 Å². The van der Waals surface area contributed by atoms with Gasteiger partial charge >= 0.3 is 24.1 Å². The van der Waals surface area contributed by atoms with E-state index in [9.17, 15) is 28.8 Å². The number of oxime groups is 1. The van der Waals surface area contributed by atoms with Gasteiger partial charge in [-0.1, -0.05) is 126 Å². The van der Waals surface area contributed by atoms with Gasteiger partial charge in [0.2, 0.25) is 11.1 Å². The maximum atomic E-state index is 14.7. The number of benzene rings is 4. The molecule has 8 rings (SSSR count). The average Bonchev–Trinajstić information content (AvgIpc) is 4.04. The molecule has 6 aromatic rings. The van der Waals surface area contributed by atoms with Gasteiger partial charge in [0.15, 0.2) is 22.4 Å². The van der Waals surface area contributed by atoms with Crippen molar-refractivity contribution >= 4 is 87.3 Å². The summed E-state index contributed by atoms with van der Waals surface area (Å²) in [6.45, 7) is 4.52. The molecule has 2 aromatic heterocycles. The molecule has 0 radical (unpaired) electrons. The summed E-state index contributed by atoms with van der Waals surface area (Å²) >= 11 is 3.36. The van der Waals surface area contributed by atoms with Crippen LogP contribution in [0.15, 0.2) is 142 Å². The topological polar surface area (TPSA) is 257 Å². The number of hydrogen-bond acceptors (Lipinski definition) is 19. The summed E-state index contributed by atoms with van der Waals surface area (Å²) in [6.07, 6.45) is -2.58. The van der Waals surface area contributed by atoms with Crippen LogP contribution in [-0.4, -0.2) is 115 Å². The van der Waals surface area contributed by atoms with Crippen molar-refractivity contribution in [2.45, 2.75) is 60.2 Å². The van der Waals surface area contributed by atoms with Crippen molar-refractivity contribution in [1.82, 2.24) is 35.4 Å². The number of amides is 4. The Hall–Kier alpha value is -8.09. The molecule has 21 nitrogen and oxygen atoms in total. The number of carbonyl (C=O) groups is 6. The first kappa shape index (κ1) is 53.2. The second kappa shape index (κ2) is 23.4. The highest BCUT2D eigenvalue weighted by Gasteiger charge is 2.50. The number of para-hydroxylation sites is 1. The van der Waals surface area contributed by atoms with Gasteiger partial charge in [0.1, 0.15) is 36.1 Å². The molecule has 75 heavy (non-hydrogen) atoms. The highest BCUT2D eigenvalue weighted by molar-refractivity contribution is 8.01. The number of ether oxygens (including phenoxy) is 4. The van der Waals surface area contributed by atoms with Crippen LogP contribution >= 0.6 is 34.9 Å². The zero-order valence-electron chi connectivity index (χ0n) is 41.2. The van der Waals surface area contributed by atoms with Crippen molar-refractivity contribution in [1.29, 1.82) is 0 Å². The van der Waals surface area contributed by atoms with Crippen molar-refractivity contribution in [2.24, 2.45) is 12.2 Å². The van der Waals surface area contributed by atoms with Crippen LogP contribution in [-0.2, 0) is 55.4 Å². The third kappa shape index (κ3) is 12.1. The summed E-state index contributed by atoms with van der Waals surface area (Å²) in [6, 6.07) is 33.4. The van der Waals surface area contributed by atoms with E-state index in [1.165, 1.54) is 52.7 Å². The molecule has 0 spiro atoms. The van der Waals surface area contributed by atoms with Crippen molar-refractivity contribution in [3.8, 4) is 0 Å². The zero-order valence-corrected chi connectivity index (χ0v) is 43.7. The van der Waals surface area contributed by atoms with Crippen molar-refractivity contribution in [2.75, 3.05) is 37.2 Å². The molecule has 2 aliphatic rings. The predicted octanol–water partition coefficient (Wildman–Crippen LogP) is 7.20. The van der Waals surface area contributed by atoms with E-state index in [0.29, 0.717) is 27.4 Å². The molecule has 0 aliphatic carbocycles. The van der Waals surface area contributed by atoms with Gasteiger partial charge < -0.3 is 29.1 Å². The Kier molecular flexibility index (Phi) is 16.6. The predicted molar refractivity (Wildman–Crippen MR) is 278 cm³/mol. The Bertz CT molecular complexity index is 3090. The average molecular weight is 1080 g/mol. The minimum absolute atomic E-state index is 0.00972. The number of esters is 2. The number of methoxy groups -OCH3 is 1. The first-order valence-electron chi connectivity index (χ1n) is 23.0. The monoisotopic (exact) mass is 1070 g/mol. The number of β-lactam (4-membered cyclic amide) rings is 1. The molecule has 1 unspecified atom stereocenters. The van der Waals surface area contributed by atoms with E-state index in [1.54, 1.807) is 82.4 Å². The van der Waals surface area contributed by atoms with Crippen LogP contribution in [0.2, 0.25) is 0 Å². The van der Waals surface area contributed by atoms with Gasteiger partial charge in [-0.2, -0.15) is 0 Å². The first-order chi connectivity index (χ1) is 36.1. The molecule has 3 N–H and O–H groups in total. The zero-order chi connectivity index (χ0) is 53.3. The summed E-state index contributed by atoms with van der Waals surface area (Å²) < 4.78 is 24.4. The van der Waals surface area contributed by atoms with E-state index < -0.39 is 64.5 Å². The van der Waals surface area contributed by atoms with Gasteiger partial charge in [0, 0.05) is 35.0 Å². The van der Waals surface area contributed by atoms with Gasteiger partial charge in [0.05, 0.1) is 18.9 Å². The molecule has 4 amide bonds. The Morgan fingerprint density at radius 3 is 2.13 bits per heavy atom. The number of aromatic nitrogens is 5. The Balaban J connectivity index is 1.05. The largest absolute Gasteiger partial charge is 0.468 e. The van der Waals surface area contributed by atoms with Gasteiger partial charge in [-0.15, -0.1) is 28.2 Å². The molecule has 1 fully saturated rings. The van der Waals surface area contributed by atoms with Crippen LogP contribution in [0, 0.1) is 0 Å². The van der Waals surface area contributed by atoms with Gasteiger partial charge in [0.25, 0.3) is 5.91 Å². The quantitative estimate of drug-likeness (QED) is 0.0192. The number of thiazole rings is 1. The van der Waals surface area contributed by atoms with E-state index >= 15 is 0 Å². The van der Waals surface area contributed by atoms with Crippen molar-refractivity contribution in [3.05, 3.63) is 160 Å². The van der Waals surface area contributed by atoms with Crippen LogP contribution in [0.5, 0.6) is 0 Å². The molecule has 4 aromatic carbocycles. The number of thioether (sulfide) groups is 2. The lowest BCUT2D eigenvalue weighted by Gasteiger charge is -2.47. The van der Waals surface area contributed by atoms with Gasteiger partial charge in [-0.05, 0) is 54.0 Å². The van der Waals surface area contributed by atoms with Crippen molar-refractivity contribution in [3.63, 3.8) is 0 Å². The van der Waals surface area contributed by atoms with Crippen molar-refractivity contribution < 1.29 is 52.6 Å². The molecule has 4 heterocycles. The molecule has 1 saturated heterocycles. The molecule has 0 saturated carbocycles. The number of fused-ring (bicyclic) bond motifs is 1. The normalized spacial score (nSPS) is 16.2. The molecular weight excluding hydrogens is 1020 g/mol. The van der Waals surface area contributed by atoms with Crippen LogP contribution in [0.25, 0.3) is 0 Å². The van der Waals surface area contributed by atoms with E-state index in [-0.39, 0.29) is 51.6 Å². The number of carbonyl (C=O) groups excluding carboxylic acids is 6. The van der Waals surface area contributed by atoms with E-state index in [4.69, 9.17) is 23.8 Å². The minimum atomic E-state index is -1.82. The van der Waals surface area contributed by atoms with Gasteiger partial charge in [-0.3, -0.25) is 29.9 Å². The number of tetrazole rings is 1. The highest BCUT2D eigenvalue weighted by Crippen LogP contribution is 2.46. The number of nitrogens with zero attached hydrogens (tertiary/aromatic N) is 7. The molecule has 24 heteroatoms. The van der Waals surface area contributed by atoms with Crippen LogP contribution in [0.1, 0.15) is 61.2 Å². The number of aryl methyl sites for hydroxylation is 1. The standard InChI is InChI=1S/C51H50N10O11S3/c1-50(2,3)72-49(67)53-35-25-17-16-24-34(35)51(45(65)68-5,32-22-14-9-15-23-32)29-70-48(66)55-46-52-36(28-73-46)39(57-69-6)42(63)54-43-33(27-74-47-56-58-59-60(47)4)40(61-37(62)26-38(61)75-43)44(64)71-41(30-18-10-7-11-19-30)31-20-12-8-13-21-31/h7-25,28,38,41,43H,26-27,29H2,1-6H3,(H,53,67)(H,54,63)(H,52,55,66)/t38-,43+,51?/m0/s1. The molecule has 388 valence electrons. The fraction of sp³-hybridized carbons (Fsp3) is 0.275. The Morgan fingerprint density at radius 2 is 1.52 bits per heavy atom. The fourth-order valence-corrected chi connectivity index (χ4v) is 11.2. The molecular formula is C51H50N10O11S3. The summed E-state index contributed by atoms with van der Waals surface area (Å²) in [7, 11) is 4.09. The maximum Gasteiger partial charge on any atom is 0.413 e. The first-order valence-corrected chi connectivity index (χ1v) is 25.8. The molecule has 0 bridgehead atoms. The summed E-state index contributed by atoms with van der Waals surface area (Å²) in [5, 5.41) is 24.3. The third-order valence-electron chi connectivity index (χ3n) is 11.5. The fourth-order valence-electron chi connectivity index (χ4n) is 8.11. The highest BCUT2D eigenvalue weighted by atomic mass is 32.2. The number of anilines is 2. The van der Waals surface area contributed by atoms with E-state index in [2.05, 4.69) is 41.6 Å². The SMILES string of the molecule is CON=C(C(=O)N[C@@H]1S[C@H]2CC(=O)N2C(C(=O)OC(c2ccccc2)c2ccccc2)=C1CSc1nnnn1C)c1csc(NC(=O)OCC(C(=O)OC)(c2ccccc2)c2ccccc2NC(=O)OC(C)(C)C)n1. The van der Waals surface area contributed by atoms with Crippen LogP contribution < -0.4 is 16.0 Å². The summed E-state index contributed by atoms with van der Waals surface area (Å²) in [5.41, 5.74) is -0.442. The smallest absolute Gasteiger partial charge is 0.413 e. The third-order valence-corrected chi connectivity index (χ3v) is 14.7. The number of rotatable bonds is 18. The molecule has 3 atom stereocenters. The Morgan fingerprint density at radius 1 is 0.867 bits per heavy atom. The maximum absolute atomic E-state index is 14.7. The number of nitrogens with one attached hydrogen (secondary N) is 3. The van der Waals surface area contributed by atoms with Crippen LogP contribution in [0.3, 0.4) is 0 Å². The number of hydrogen-bond donors (Lipinski definition) is 3. The van der Waals surface area contributed by atoms with Gasteiger partial charge in [-0.25, -0.2) is 24.0 Å². The van der Waals surface area contributed by atoms with E-state index in [0.717, 1.165) is 11.3 Å². The second-order valence-electron chi connectivity index (χ2n) is 17.6. The second-order valence-corrected chi connectivity index (χ2v) is 20.7. The lowest BCUT2D eigenvalue weighted by molar-refractivity contribution is -0.152. The lowest BCUT2D eigenvalue weighted by atomic mass is 9.74.